The maximum atomic E-state index is 10.1. The van der Waals surface area contributed by atoms with Gasteiger partial charge in [-0.05, 0) is 53.5 Å². The number of aliphatic hydroxyl groups excluding tert-OH is 1. The minimum atomic E-state index is -0.178. The van der Waals surface area contributed by atoms with E-state index in [1.165, 1.54) is 12.8 Å². The van der Waals surface area contributed by atoms with Crippen LogP contribution in [-0.2, 0) is 0 Å². The molecule has 0 bridgehead atoms. The molecule has 1 aliphatic heterocycles. The topological polar surface area (TPSA) is 23.5 Å². The van der Waals surface area contributed by atoms with Gasteiger partial charge >= 0.3 is 0 Å². The lowest BCUT2D eigenvalue weighted by Gasteiger charge is -2.55. The number of unbranched alkanes of at least 4 members (excludes halogenated alkanes) is 1. The van der Waals surface area contributed by atoms with Crippen LogP contribution in [0.15, 0.2) is 0 Å². The third-order valence-corrected chi connectivity index (χ3v) is 4.01. The van der Waals surface area contributed by atoms with Gasteiger partial charge in [0.05, 0.1) is 6.10 Å². The summed E-state index contributed by atoms with van der Waals surface area (Å²) in [4.78, 5) is 2.50. The number of hydrogen-bond donors (Lipinski definition) is 1. The molecular weight excluding hydrogens is 186 g/mol. The van der Waals surface area contributed by atoms with Gasteiger partial charge in [-0.15, -0.1) is 0 Å². The highest BCUT2D eigenvalue weighted by atomic mass is 16.3. The number of likely N-dealkylation sites (tertiary alicyclic amines) is 1. The number of piperidine rings is 1. The third-order valence-electron chi connectivity index (χ3n) is 4.01. The third kappa shape index (κ3) is 2.54. The summed E-state index contributed by atoms with van der Waals surface area (Å²) in [5, 5.41) is 10.1. The molecule has 2 heteroatoms. The average molecular weight is 213 g/mol. The van der Waals surface area contributed by atoms with E-state index in [4.69, 9.17) is 0 Å². The van der Waals surface area contributed by atoms with Crippen LogP contribution in [-0.4, -0.2) is 33.7 Å². The van der Waals surface area contributed by atoms with Crippen LogP contribution in [0.5, 0.6) is 0 Å². The Labute approximate surface area is 94.7 Å². The lowest BCUT2D eigenvalue weighted by atomic mass is 9.77. The van der Waals surface area contributed by atoms with Crippen LogP contribution in [0.3, 0.4) is 0 Å². The average Bonchev–Trinajstić information content (AvgIpc) is 2.12. The highest BCUT2D eigenvalue weighted by Crippen LogP contribution is 2.38. The Bertz CT molecular complexity index is 211. The molecule has 0 spiro atoms. The smallest absolute Gasteiger partial charge is 0.0719 e. The standard InChI is InChI=1S/C13H27NO/c1-6-7-10-14-12(2,3)9-8-11(15)13(14,4)5/h11,15H,6-10H2,1-5H3. The maximum Gasteiger partial charge on any atom is 0.0719 e. The molecule has 1 unspecified atom stereocenters. The van der Waals surface area contributed by atoms with Crippen LogP contribution in [0.2, 0.25) is 0 Å². The number of nitrogens with zero attached hydrogens (tertiary/aromatic N) is 1. The fraction of sp³-hybridized carbons (Fsp3) is 1.00. The first-order valence-electron chi connectivity index (χ1n) is 6.28. The van der Waals surface area contributed by atoms with Gasteiger partial charge in [0.15, 0.2) is 0 Å². The molecule has 1 heterocycles. The van der Waals surface area contributed by atoms with E-state index in [0.717, 1.165) is 19.4 Å². The van der Waals surface area contributed by atoms with Crippen molar-refractivity contribution in [2.24, 2.45) is 0 Å². The van der Waals surface area contributed by atoms with Crippen LogP contribution >= 0.6 is 0 Å². The van der Waals surface area contributed by atoms with E-state index in [0.29, 0.717) is 0 Å². The van der Waals surface area contributed by atoms with Crippen molar-refractivity contribution in [1.82, 2.24) is 4.90 Å². The molecule has 1 saturated heterocycles. The lowest BCUT2D eigenvalue weighted by molar-refractivity contribution is -0.105. The molecule has 2 nitrogen and oxygen atoms in total. The molecule has 0 aromatic heterocycles. The summed E-state index contributed by atoms with van der Waals surface area (Å²) in [6, 6.07) is 0. The van der Waals surface area contributed by atoms with Gasteiger partial charge in [0, 0.05) is 11.1 Å². The minimum Gasteiger partial charge on any atom is -0.391 e. The zero-order valence-corrected chi connectivity index (χ0v) is 11.0. The number of hydrogen-bond acceptors (Lipinski definition) is 2. The first-order valence-corrected chi connectivity index (χ1v) is 6.28. The van der Waals surface area contributed by atoms with Gasteiger partial charge in [-0.2, -0.15) is 0 Å². The van der Waals surface area contributed by atoms with E-state index < -0.39 is 0 Å². The van der Waals surface area contributed by atoms with E-state index in [2.05, 4.69) is 39.5 Å². The second-order valence-corrected chi connectivity index (χ2v) is 6.03. The van der Waals surface area contributed by atoms with E-state index in [-0.39, 0.29) is 17.2 Å². The van der Waals surface area contributed by atoms with Crippen molar-refractivity contribution in [2.75, 3.05) is 6.54 Å². The molecule has 0 aromatic carbocycles. The predicted molar refractivity (Wildman–Crippen MR) is 65.0 cm³/mol. The van der Waals surface area contributed by atoms with E-state index in [1.807, 2.05) is 0 Å². The van der Waals surface area contributed by atoms with Crippen molar-refractivity contribution >= 4 is 0 Å². The summed E-state index contributed by atoms with van der Waals surface area (Å²) in [7, 11) is 0. The van der Waals surface area contributed by atoms with Gasteiger partial charge in [0.2, 0.25) is 0 Å². The van der Waals surface area contributed by atoms with Crippen molar-refractivity contribution in [1.29, 1.82) is 0 Å². The molecule has 15 heavy (non-hydrogen) atoms. The molecule has 1 rings (SSSR count). The van der Waals surface area contributed by atoms with Gasteiger partial charge < -0.3 is 5.11 Å². The molecule has 90 valence electrons. The Morgan fingerprint density at radius 1 is 1.27 bits per heavy atom. The van der Waals surface area contributed by atoms with E-state index in [9.17, 15) is 5.11 Å². The number of aliphatic hydroxyl groups is 1. The molecule has 1 fully saturated rings. The summed E-state index contributed by atoms with van der Waals surface area (Å²) in [6.45, 7) is 12.3. The maximum absolute atomic E-state index is 10.1. The molecule has 1 N–H and O–H groups in total. The Hall–Kier alpha value is -0.0800. The SMILES string of the molecule is CCCCN1C(C)(C)CCC(O)C1(C)C. The van der Waals surface area contributed by atoms with Crippen molar-refractivity contribution in [3.63, 3.8) is 0 Å². The summed E-state index contributed by atoms with van der Waals surface area (Å²) >= 11 is 0. The van der Waals surface area contributed by atoms with Gasteiger partial charge in [-0.25, -0.2) is 0 Å². The van der Waals surface area contributed by atoms with Crippen molar-refractivity contribution < 1.29 is 5.11 Å². The summed E-state index contributed by atoms with van der Waals surface area (Å²) in [5.74, 6) is 0. The zero-order valence-electron chi connectivity index (χ0n) is 11.0. The van der Waals surface area contributed by atoms with Gasteiger partial charge in [0.25, 0.3) is 0 Å². The van der Waals surface area contributed by atoms with Crippen molar-refractivity contribution in [3.8, 4) is 0 Å². The Morgan fingerprint density at radius 3 is 2.40 bits per heavy atom. The molecule has 0 saturated carbocycles. The van der Waals surface area contributed by atoms with E-state index in [1.54, 1.807) is 0 Å². The molecule has 1 aliphatic rings. The van der Waals surface area contributed by atoms with Crippen LogP contribution < -0.4 is 0 Å². The summed E-state index contributed by atoms with van der Waals surface area (Å²) < 4.78 is 0. The quantitative estimate of drug-likeness (QED) is 0.779. The molecule has 1 atom stereocenters. The Kier molecular flexibility index (Phi) is 3.83. The van der Waals surface area contributed by atoms with E-state index >= 15 is 0 Å². The summed E-state index contributed by atoms with van der Waals surface area (Å²) in [6.07, 6.45) is 4.30. The first kappa shape index (κ1) is 13.0. The van der Waals surface area contributed by atoms with Gasteiger partial charge in [0.1, 0.15) is 0 Å². The van der Waals surface area contributed by atoms with Crippen LogP contribution in [0, 0.1) is 0 Å². The number of rotatable bonds is 3. The van der Waals surface area contributed by atoms with Crippen LogP contribution in [0.25, 0.3) is 0 Å². The van der Waals surface area contributed by atoms with Crippen LogP contribution in [0.1, 0.15) is 60.3 Å². The molecule has 0 aromatic rings. The monoisotopic (exact) mass is 213 g/mol. The Balaban J connectivity index is 2.81. The molecule has 0 radical (unpaired) electrons. The first-order chi connectivity index (χ1) is 6.82. The lowest BCUT2D eigenvalue weighted by Crippen LogP contribution is -2.64. The highest BCUT2D eigenvalue weighted by molar-refractivity contribution is 5.01. The zero-order chi connectivity index (χ0) is 11.7. The van der Waals surface area contributed by atoms with Crippen molar-refractivity contribution in [2.45, 2.75) is 77.5 Å². The molecule has 0 aliphatic carbocycles. The van der Waals surface area contributed by atoms with Crippen molar-refractivity contribution in [3.05, 3.63) is 0 Å². The predicted octanol–water partition coefficient (Wildman–Crippen LogP) is 2.80. The van der Waals surface area contributed by atoms with Crippen LogP contribution in [0.4, 0.5) is 0 Å². The molecule has 0 amide bonds. The Morgan fingerprint density at radius 2 is 1.87 bits per heavy atom. The fourth-order valence-electron chi connectivity index (χ4n) is 2.85. The largest absolute Gasteiger partial charge is 0.391 e. The fourth-order valence-corrected chi connectivity index (χ4v) is 2.85. The summed E-state index contributed by atoms with van der Waals surface area (Å²) in [5.41, 5.74) is 0.162. The normalized spacial score (nSPS) is 30.4. The minimum absolute atomic E-state index is 0.0725. The van der Waals surface area contributed by atoms with Gasteiger partial charge in [-0.1, -0.05) is 13.3 Å². The second-order valence-electron chi connectivity index (χ2n) is 6.03. The highest BCUT2D eigenvalue weighted by Gasteiger charge is 2.45. The molecular formula is C13H27NO. The van der Waals surface area contributed by atoms with Gasteiger partial charge in [-0.3, -0.25) is 4.90 Å². The second kappa shape index (κ2) is 4.42.